The van der Waals surface area contributed by atoms with Crippen LogP contribution in [0.5, 0.6) is 0 Å². The van der Waals surface area contributed by atoms with Crippen LogP contribution in [0.15, 0.2) is 0 Å². The second kappa shape index (κ2) is 7.10. The number of carbonyl (C=O) groups excluding carboxylic acids is 1. The first-order valence-corrected chi connectivity index (χ1v) is 8.70. The number of likely N-dealkylation sites (tertiary alicyclic amines) is 1. The minimum absolute atomic E-state index is 0.0487. The summed E-state index contributed by atoms with van der Waals surface area (Å²) < 4.78 is 5.34. The first kappa shape index (κ1) is 16.8. The van der Waals surface area contributed by atoms with E-state index in [9.17, 15) is 4.79 Å². The monoisotopic (exact) mass is 296 g/mol. The van der Waals surface area contributed by atoms with Crippen molar-refractivity contribution in [2.45, 2.75) is 77.4 Å². The first-order valence-electron chi connectivity index (χ1n) is 8.70. The van der Waals surface area contributed by atoms with Crippen LogP contribution >= 0.6 is 0 Å². The van der Waals surface area contributed by atoms with E-state index in [0.29, 0.717) is 18.7 Å². The predicted octanol–water partition coefficient (Wildman–Crippen LogP) is 2.57. The molecule has 0 aromatic heterocycles. The largest absolute Gasteiger partial charge is 0.465 e. The van der Waals surface area contributed by atoms with Crippen LogP contribution < -0.4 is 5.32 Å². The highest BCUT2D eigenvalue weighted by molar-refractivity contribution is 5.81. The lowest BCUT2D eigenvalue weighted by Crippen LogP contribution is -2.53. The predicted molar refractivity (Wildman–Crippen MR) is 85.2 cm³/mol. The third-order valence-corrected chi connectivity index (χ3v) is 5.33. The van der Waals surface area contributed by atoms with Gasteiger partial charge >= 0.3 is 5.97 Å². The molecule has 2 aliphatic rings. The van der Waals surface area contributed by atoms with Gasteiger partial charge in [-0.25, -0.2) is 0 Å². The van der Waals surface area contributed by atoms with Crippen LogP contribution in [0.3, 0.4) is 0 Å². The Morgan fingerprint density at radius 2 is 2.10 bits per heavy atom. The number of rotatable bonds is 5. The minimum atomic E-state index is -0.446. The molecule has 0 radical (unpaired) electrons. The van der Waals surface area contributed by atoms with Gasteiger partial charge in [-0.15, -0.1) is 0 Å². The van der Waals surface area contributed by atoms with Crippen molar-refractivity contribution in [2.75, 3.05) is 19.7 Å². The maximum atomic E-state index is 12.4. The lowest BCUT2D eigenvalue weighted by molar-refractivity contribution is -0.151. The Bertz CT molecular complexity index is 361. The van der Waals surface area contributed by atoms with Crippen LogP contribution in [0.4, 0.5) is 0 Å². The number of ether oxygens (including phenoxy) is 1. The van der Waals surface area contributed by atoms with Crippen molar-refractivity contribution >= 4 is 5.97 Å². The summed E-state index contributed by atoms with van der Waals surface area (Å²) in [5.74, 6) is 0.786. The third kappa shape index (κ3) is 3.59. The Hall–Kier alpha value is -0.610. The Morgan fingerprint density at radius 3 is 2.71 bits per heavy atom. The van der Waals surface area contributed by atoms with Crippen molar-refractivity contribution in [1.82, 2.24) is 10.2 Å². The van der Waals surface area contributed by atoms with Crippen LogP contribution in [-0.2, 0) is 9.53 Å². The number of hydrogen-bond donors (Lipinski definition) is 1. The standard InChI is InChI=1S/C17H32N2O2/c1-5-18-17(16(20)21-6-2)9-7-15(12-17)19-10-8-13(3)11-14(19)4/h13-15,18H,5-12H2,1-4H3. The summed E-state index contributed by atoms with van der Waals surface area (Å²) in [4.78, 5) is 15.1. The number of nitrogens with one attached hydrogen (secondary N) is 1. The fourth-order valence-electron chi connectivity index (χ4n) is 4.30. The van der Waals surface area contributed by atoms with Gasteiger partial charge in [0, 0.05) is 12.1 Å². The molecule has 1 heterocycles. The average molecular weight is 296 g/mol. The summed E-state index contributed by atoms with van der Waals surface area (Å²) in [7, 11) is 0. The quantitative estimate of drug-likeness (QED) is 0.792. The molecule has 1 aliphatic carbocycles. The zero-order chi connectivity index (χ0) is 15.5. The molecule has 0 aromatic carbocycles. The van der Waals surface area contributed by atoms with Crippen LogP contribution in [0.1, 0.15) is 59.8 Å². The SMILES string of the molecule is CCNC1(C(=O)OCC)CCC(N2CCC(C)CC2C)C1. The van der Waals surface area contributed by atoms with Crippen LogP contribution in [0, 0.1) is 5.92 Å². The molecular weight excluding hydrogens is 264 g/mol. The molecule has 0 amide bonds. The second-order valence-corrected chi connectivity index (χ2v) is 6.95. The second-order valence-electron chi connectivity index (χ2n) is 6.95. The van der Waals surface area contributed by atoms with E-state index in [1.165, 1.54) is 19.4 Å². The molecule has 21 heavy (non-hydrogen) atoms. The summed E-state index contributed by atoms with van der Waals surface area (Å²) in [5.41, 5.74) is -0.446. The number of nitrogens with zero attached hydrogens (tertiary/aromatic N) is 1. The smallest absolute Gasteiger partial charge is 0.326 e. The Kier molecular flexibility index (Phi) is 5.67. The molecule has 1 saturated carbocycles. The molecule has 1 N–H and O–H groups in total. The van der Waals surface area contributed by atoms with Crippen molar-refractivity contribution in [2.24, 2.45) is 5.92 Å². The van der Waals surface area contributed by atoms with Crippen molar-refractivity contribution in [3.05, 3.63) is 0 Å². The van der Waals surface area contributed by atoms with Gasteiger partial charge in [0.25, 0.3) is 0 Å². The van der Waals surface area contributed by atoms with E-state index in [2.05, 4.69) is 31.0 Å². The molecule has 0 spiro atoms. The zero-order valence-electron chi connectivity index (χ0n) is 14.2. The summed E-state index contributed by atoms with van der Waals surface area (Å²) in [6, 6.07) is 1.16. The van der Waals surface area contributed by atoms with Crippen LogP contribution in [0.25, 0.3) is 0 Å². The molecular formula is C17H32N2O2. The van der Waals surface area contributed by atoms with Gasteiger partial charge in [-0.1, -0.05) is 13.8 Å². The summed E-state index contributed by atoms with van der Waals surface area (Å²) in [6.07, 6.45) is 5.48. The number of piperidine rings is 1. The van der Waals surface area contributed by atoms with E-state index in [1.54, 1.807) is 0 Å². The molecule has 4 heteroatoms. The molecule has 2 fully saturated rings. The maximum absolute atomic E-state index is 12.4. The van der Waals surface area contributed by atoms with E-state index >= 15 is 0 Å². The van der Waals surface area contributed by atoms with Crippen molar-refractivity contribution in [3.63, 3.8) is 0 Å². The molecule has 4 nitrogen and oxygen atoms in total. The van der Waals surface area contributed by atoms with Gasteiger partial charge in [0.1, 0.15) is 5.54 Å². The highest BCUT2D eigenvalue weighted by Crippen LogP contribution is 2.37. The Labute approximate surface area is 129 Å². The molecule has 122 valence electrons. The van der Waals surface area contributed by atoms with Gasteiger partial charge in [0.15, 0.2) is 0 Å². The van der Waals surface area contributed by atoms with Gasteiger partial charge in [-0.3, -0.25) is 9.69 Å². The molecule has 1 saturated heterocycles. The van der Waals surface area contributed by atoms with Gasteiger partial charge in [0.2, 0.25) is 0 Å². The fraction of sp³-hybridized carbons (Fsp3) is 0.941. The van der Waals surface area contributed by atoms with E-state index in [0.717, 1.165) is 31.7 Å². The van der Waals surface area contributed by atoms with Gasteiger partial charge < -0.3 is 10.1 Å². The number of hydrogen-bond acceptors (Lipinski definition) is 4. The van der Waals surface area contributed by atoms with Crippen LogP contribution in [0.2, 0.25) is 0 Å². The average Bonchev–Trinajstić information content (AvgIpc) is 2.85. The number of esters is 1. The molecule has 4 atom stereocenters. The Morgan fingerprint density at radius 1 is 1.33 bits per heavy atom. The lowest BCUT2D eigenvalue weighted by Gasteiger charge is -2.41. The fourth-order valence-corrected chi connectivity index (χ4v) is 4.30. The van der Waals surface area contributed by atoms with Gasteiger partial charge in [-0.2, -0.15) is 0 Å². The molecule has 1 aliphatic heterocycles. The zero-order valence-corrected chi connectivity index (χ0v) is 14.2. The van der Waals surface area contributed by atoms with Crippen molar-refractivity contribution < 1.29 is 9.53 Å². The van der Waals surface area contributed by atoms with Gasteiger partial charge in [0.05, 0.1) is 6.61 Å². The van der Waals surface area contributed by atoms with E-state index < -0.39 is 5.54 Å². The maximum Gasteiger partial charge on any atom is 0.326 e. The van der Waals surface area contributed by atoms with Crippen molar-refractivity contribution in [3.8, 4) is 0 Å². The highest BCUT2D eigenvalue weighted by atomic mass is 16.5. The van der Waals surface area contributed by atoms with E-state index in [4.69, 9.17) is 4.74 Å². The number of carbonyl (C=O) groups is 1. The first-order chi connectivity index (χ1) is 10.0. The van der Waals surface area contributed by atoms with Crippen LogP contribution in [-0.4, -0.2) is 48.2 Å². The Balaban J connectivity index is 2.04. The summed E-state index contributed by atoms with van der Waals surface area (Å²) in [5, 5.41) is 3.43. The normalized spacial score (nSPS) is 37.6. The summed E-state index contributed by atoms with van der Waals surface area (Å²) in [6.45, 7) is 11.1. The molecule has 2 rings (SSSR count). The minimum Gasteiger partial charge on any atom is -0.465 e. The number of likely N-dealkylation sites (N-methyl/N-ethyl adjacent to an activating group) is 1. The molecule has 0 aromatic rings. The van der Waals surface area contributed by atoms with E-state index in [-0.39, 0.29) is 5.97 Å². The highest BCUT2D eigenvalue weighted by Gasteiger charge is 2.48. The molecule has 4 unspecified atom stereocenters. The summed E-state index contributed by atoms with van der Waals surface area (Å²) >= 11 is 0. The van der Waals surface area contributed by atoms with Crippen molar-refractivity contribution in [1.29, 1.82) is 0 Å². The lowest BCUT2D eigenvalue weighted by atomic mass is 9.91. The molecule has 0 bridgehead atoms. The van der Waals surface area contributed by atoms with Gasteiger partial charge in [-0.05, 0) is 65.0 Å². The topological polar surface area (TPSA) is 41.6 Å². The third-order valence-electron chi connectivity index (χ3n) is 5.33. The van der Waals surface area contributed by atoms with E-state index in [1.807, 2.05) is 6.92 Å².